The van der Waals surface area contributed by atoms with E-state index in [9.17, 15) is 4.79 Å². The lowest BCUT2D eigenvalue weighted by Gasteiger charge is -2.11. The number of pyridine rings is 1. The lowest BCUT2D eigenvalue weighted by molar-refractivity contribution is 0.0594. The number of anilines is 1. The van der Waals surface area contributed by atoms with Crippen molar-refractivity contribution in [3.8, 4) is 0 Å². The molecule has 0 saturated heterocycles. The third-order valence-electron chi connectivity index (χ3n) is 2.90. The van der Waals surface area contributed by atoms with Gasteiger partial charge in [0.25, 0.3) is 0 Å². The second-order valence-electron chi connectivity index (χ2n) is 4.30. The topological polar surface area (TPSA) is 73.6 Å². The van der Waals surface area contributed by atoms with Crippen LogP contribution >= 0.6 is 0 Å². The van der Waals surface area contributed by atoms with Crippen molar-refractivity contribution in [3.63, 3.8) is 0 Å². The highest BCUT2D eigenvalue weighted by molar-refractivity contribution is 5.94. The minimum Gasteiger partial charge on any atom is -0.501 e. The Kier molecular flexibility index (Phi) is 5.59. The fourth-order valence-corrected chi connectivity index (χ4v) is 1.86. The molecular weight excluding hydrogens is 284 g/mol. The van der Waals surface area contributed by atoms with Crippen LogP contribution in [0.5, 0.6) is 0 Å². The van der Waals surface area contributed by atoms with Gasteiger partial charge in [0.15, 0.2) is 5.69 Å². The summed E-state index contributed by atoms with van der Waals surface area (Å²) < 4.78 is 15.3. The second kappa shape index (κ2) is 7.87. The van der Waals surface area contributed by atoms with Gasteiger partial charge in [0, 0.05) is 17.4 Å². The SMILES string of the molecule is CCOC=Cc1c(NCc2ccco2)ccnc1C(=O)OC. The van der Waals surface area contributed by atoms with E-state index in [1.54, 1.807) is 24.6 Å². The summed E-state index contributed by atoms with van der Waals surface area (Å²) in [7, 11) is 1.32. The molecule has 1 N–H and O–H groups in total. The smallest absolute Gasteiger partial charge is 0.357 e. The molecule has 2 heterocycles. The molecule has 116 valence electrons. The highest BCUT2D eigenvalue weighted by Gasteiger charge is 2.15. The first kappa shape index (κ1) is 15.6. The molecule has 0 aliphatic heterocycles. The van der Waals surface area contributed by atoms with Gasteiger partial charge in [-0.25, -0.2) is 9.78 Å². The van der Waals surface area contributed by atoms with Crippen LogP contribution in [-0.4, -0.2) is 24.7 Å². The molecule has 2 aromatic heterocycles. The number of rotatable bonds is 7. The molecule has 6 nitrogen and oxygen atoms in total. The monoisotopic (exact) mass is 302 g/mol. The normalized spacial score (nSPS) is 10.6. The van der Waals surface area contributed by atoms with E-state index in [1.165, 1.54) is 13.4 Å². The van der Waals surface area contributed by atoms with Crippen molar-refractivity contribution < 1.29 is 18.7 Å². The molecule has 0 bridgehead atoms. The van der Waals surface area contributed by atoms with E-state index in [0.717, 1.165) is 11.4 Å². The molecule has 22 heavy (non-hydrogen) atoms. The maximum atomic E-state index is 11.8. The van der Waals surface area contributed by atoms with E-state index >= 15 is 0 Å². The third kappa shape index (κ3) is 3.88. The third-order valence-corrected chi connectivity index (χ3v) is 2.90. The van der Waals surface area contributed by atoms with Crippen LogP contribution in [0.25, 0.3) is 6.08 Å². The van der Waals surface area contributed by atoms with Crippen molar-refractivity contribution >= 4 is 17.7 Å². The van der Waals surface area contributed by atoms with E-state index in [4.69, 9.17) is 13.9 Å². The molecule has 0 aliphatic carbocycles. The molecule has 0 radical (unpaired) electrons. The Hall–Kier alpha value is -2.76. The number of ether oxygens (including phenoxy) is 2. The van der Waals surface area contributed by atoms with Crippen LogP contribution < -0.4 is 5.32 Å². The first-order valence-electron chi connectivity index (χ1n) is 6.88. The van der Waals surface area contributed by atoms with Gasteiger partial charge in [-0.3, -0.25) is 0 Å². The van der Waals surface area contributed by atoms with Gasteiger partial charge >= 0.3 is 5.97 Å². The molecule has 2 rings (SSSR count). The van der Waals surface area contributed by atoms with E-state index < -0.39 is 5.97 Å². The van der Waals surface area contributed by atoms with E-state index in [0.29, 0.717) is 18.7 Å². The molecule has 0 fully saturated rings. The lowest BCUT2D eigenvalue weighted by Crippen LogP contribution is -2.10. The van der Waals surface area contributed by atoms with Gasteiger partial charge in [0.1, 0.15) is 5.76 Å². The van der Waals surface area contributed by atoms with Gasteiger partial charge in [-0.1, -0.05) is 0 Å². The zero-order chi connectivity index (χ0) is 15.8. The fraction of sp³-hybridized carbons (Fsp3) is 0.250. The average Bonchev–Trinajstić information content (AvgIpc) is 3.06. The Morgan fingerprint density at radius 1 is 1.45 bits per heavy atom. The summed E-state index contributed by atoms with van der Waals surface area (Å²) in [6.07, 6.45) is 6.38. The van der Waals surface area contributed by atoms with Gasteiger partial charge in [0.05, 0.1) is 32.8 Å². The molecule has 2 aromatic rings. The Morgan fingerprint density at radius 2 is 2.32 bits per heavy atom. The van der Waals surface area contributed by atoms with Gasteiger partial charge in [-0.15, -0.1) is 0 Å². The Balaban J connectivity index is 2.28. The standard InChI is InChI=1S/C16H18N2O4/c1-3-21-10-7-13-14(18-11-12-5-4-9-22-12)6-8-17-15(13)16(19)20-2/h4-10H,3,11H2,1-2H3,(H,17,18). The number of methoxy groups -OCH3 is 1. The number of esters is 1. The van der Waals surface area contributed by atoms with Gasteiger partial charge in [-0.05, 0) is 31.2 Å². The van der Waals surface area contributed by atoms with Crippen molar-refractivity contribution in [2.45, 2.75) is 13.5 Å². The van der Waals surface area contributed by atoms with Crippen LogP contribution in [-0.2, 0) is 16.0 Å². The molecule has 0 unspecified atom stereocenters. The van der Waals surface area contributed by atoms with E-state index in [2.05, 4.69) is 10.3 Å². The maximum absolute atomic E-state index is 11.8. The first-order valence-corrected chi connectivity index (χ1v) is 6.88. The number of hydrogen-bond donors (Lipinski definition) is 1. The van der Waals surface area contributed by atoms with Crippen LogP contribution in [0.4, 0.5) is 5.69 Å². The molecule has 0 amide bonds. The predicted octanol–water partition coefficient (Wildman–Crippen LogP) is 3.08. The largest absolute Gasteiger partial charge is 0.501 e. The minimum atomic E-state index is -0.502. The molecular formula is C16H18N2O4. The van der Waals surface area contributed by atoms with Crippen LogP contribution in [0, 0.1) is 0 Å². The van der Waals surface area contributed by atoms with Crippen LogP contribution in [0.2, 0.25) is 0 Å². The molecule has 0 saturated carbocycles. The number of nitrogens with one attached hydrogen (secondary N) is 1. The van der Waals surface area contributed by atoms with Crippen LogP contribution in [0.1, 0.15) is 28.7 Å². The highest BCUT2D eigenvalue weighted by Crippen LogP contribution is 2.21. The summed E-state index contributed by atoms with van der Waals surface area (Å²) in [6.45, 7) is 2.91. The maximum Gasteiger partial charge on any atom is 0.357 e. The summed E-state index contributed by atoms with van der Waals surface area (Å²) >= 11 is 0. The van der Waals surface area contributed by atoms with Gasteiger partial charge in [-0.2, -0.15) is 0 Å². The quantitative estimate of drug-likeness (QED) is 0.626. The summed E-state index contributed by atoms with van der Waals surface area (Å²) in [4.78, 5) is 15.9. The summed E-state index contributed by atoms with van der Waals surface area (Å²) in [5.41, 5.74) is 1.57. The van der Waals surface area contributed by atoms with Crippen molar-refractivity contribution in [1.82, 2.24) is 4.98 Å². The second-order valence-corrected chi connectivity index (χ2v) is 4.30. The molecule has 0 aromatic carbocycles. The van der Waals surface area contributed by atoms with Gasteiger partial charge < -0.3 is 19.2 Å². The predicted molar refractivity (Wildman–Crippen MR) is 82.3 cm³/mol. The molecule has 0 spiro atoms. The molecule has 0 aliphatic rings. The zero-order valence-electron chi connectivity index (χ0n) is 12.5. The number of hydrogen-bond acceptors (Lipinski definition) is 6. The first-order chi connectivity index (χ1) is 10.8. The van der Waals surface area contributed by atoms with Crippen molar-refractivity contribution in [3.05, 3.63) is 53.9 Å². The number of carbonyl (C=O) groups is 1. The average molecular weight is 302 g/mol. The van der Waals surface area contributed by atoms with Crippen molar-refractivity contribution in [2.75, 3.05) is 19.0 Å². The molecule has 0 atom stereocenters. The van der Waals surface area contributed by atoms with Crippen molar-refractivity contribution in [2.24, 2.45) is 0 Å². The van der Waals surface area contributed by atoms with Crippen LogP contribution in [0.15, 0.2) is 41.3 Å². The number of nitrogens with zero attached hydrogens (tertiary/aromatic N) is 1. The summed E-state index contributed by atoms with van der Waals surface area (Å²) in [5, 5.41) is 3.21. The zero-order valence-corrected chi connectivity index (χ0v) is 12.5. The summed E-state index contributed by atoms with van der Waals surface area (Å²) in [6, 6.07) is 5.46. The Bertz CT molecular complexity index is 636. The highest BCUT2D eigenvalue weighted by atomic mass is 16.5. The van der Waals surface area contributed by atoms with Crippen molar-refractivity contribution in [1.29, 1.82) is 0 Å². The Morgan fingerprint density at radius 3 is 3.00 bits per heavy atom. The van der Waals surface area contributed by atoms with Crippen LogP contribution in [0.3, 0.4) is 0 Å². The molecule has 6 heteroatoms. The fourth-order valence-electron chi connectivity index (χ4n) is 1.86. The van der Waals surface area contributed by atoms with E-state index in [1.807, 2.05) is 19.1 Å². The van der Waals surface area contributed by atoms with E-state index in [-0.39, 0.29) is 5.69 Å². The Labute approximate surface area is 128 Å². The number of carbonyl (C=O) groups excluding carboxylic acids is 1. The number of furan rings is 1. The van der Waals surface area contributed by atoms with Gasteiger partial charge in [0.2, 0.25) is 0 Å². The lowest BCUT2D eigenvalue weighted by atomic mass is 10.1. The number of aromatic nitrogens is 1. The minimum absolute atomic E-state index is 0.225. The summed E-state index contributed by atoms with van der Waals surface area (Å²) in [5.74, 6) is 0.286.